The Bertz CT molecular complexity index is 824. The van der Waals surface area contributed by atoms with Gasteiger partial charge in [0.05, 0.1) is 22.6 Å². The molecule has 0 bridgehead atoms. The molecule has 1 aliphatic rings. The average Bonchev–Trinajstić information content (AvgIpc) is 3.24. The van der Waals surface area contributed by atoms with Crippen molar-refractivity contribution in [3.8, 4) is 16.8 Å². The molecule has 0 spiro atoms. The fourth-order valence-corrected chi connectivity index (χ4v) is 4.94. The van der Waals surface area contributed by atoms with Crippen LogP contribution in [0.2, 0.25) is 0 Å². The van der Waals surface area contributed by atoms with Crippen molar-refractivity contribution in [1.82, 2.24) is 15.1 Å². The number of nitriles is 1. The van der Waals surface area contributed by atoms with Crippen LogP contribution in [0.5, 0.6) is 0 Å². The van der Waals surface area contributed by atoms with Crippen LogP contribution in [0.1, 0.15) is 37.1 Å². The minimum Gasteiger partial charge on any atom is -0.410 e. The van der Waals surface area contributed by atoms with Gasteiger partial charge >= 0.3 is 0 Å². The van der Waals surface area contributed by atoms with Gasteiger partial charge in [0.25, 0.3) is 11.1 Å². The lowest BCUT2D eigenvalue weighted by molar-refractivity contribution is -0.128. The third-order valence-corrected chi connectivity index (χ3v) is 6.65. The molecule has 0 aromatic carbocycles. The van der Waals surface area contributed by atoms with Crippen LogP contribution in [-0.2, 0) is 17.6 Å². The summed E-state index contributed by atoms with van der Waals surface area (Å²) < 4.78 is 5.78. The molecular weight excluding hydrogens is 368 g/mol. The fourth-order valence-electron chi connectivity index (χ4n) is 3.01. The van der Waals surface area contributed by atoms with Crippen LogP contribution in [0, 0.1) is 17.2 Å². The quantitative estimate of drug-likeness (QED) is 0.698. The number of hydrogen-bond donors (Lipinski definition) is 0. The molecule has 0 saturated heterocycles. The first kappa shape index (κ1) is 18.9. The largest absolute Gasteiger partial charge is 0.410 e. The smallest absolute Gasteiger partial charge is 0.277 e. The third kappa shape index (κ3) is 4.27. The van der Waals surface area contributed by atoms with Gasteiger partial charge in [-0.15, -0.1) is 21.5 Å². The molecule has 0 unspecified atom stereocenters. The Morgan fingerprint density at radius 2 is 2.38 bits per heavy atom. The fraction of sp³-hybridized carbons (Fsp3) is 0.556. The van der Waals surface area contributed by atoms with E-state index < -0.39 is 0 Å². The lowest BCUT2D eigenvalue weighted by atomic mass is 9.90. The monoisotopic (exact) mass is 390 g/mol. The maximum Gasteiger partial charge on any atom is 0.277 e. The number of aryl methyl sites for hydroxylation is 1. The van der Waals surface area contributed by atoms with Crippen molar-refractivity contribution < 1.29 is 9.21 Å². The van der Waals surface area contributed by atoms with Crippen molar-refractivity contribution in [2.75, 3.05) is 13.6 Å². The molecule has 0 aliphatic heterocycles. The normalized spacial score (nSPS) is 17.4. The SMILES string of the molecule is C[C@@H]1CCc2sc(-c3nnc(S[C@@H](C)C(=O)N(C)CCC#N)o3)cc2C1. The topological polar surface area (TPSA) is 83.0 Å². The first-order chi connectivity index (χ1) is 12.5. The minimum atomic E-state index is -0.343. The minimum absolute atomic E-state index is 0.0504. The Kier molecular flexibility index (Phi) is 5.99. The van der Waals surface area contributed by atoms with Gasteiger partial charge in [0.1, 0.15) is 0 Å². The summed E-state index contributed by atoms with van der Waals surface area (Å²) in [6.07, 6.45) is 3.79. The number of amides is 1. The van der Waals surface area contributed by atoms with Crippen molar-refractivity contribution in [3.05, 3.63) is 16.5 Å². The molecule has 2 heterocycles. The number of thiophene rings is 1. The van der Waals surface area contributed by atoms with E-state index >= 15 is 0 Å². The van der Waals surface area contributed by atoms with Crippen molar-refractivity contribution >= 4 is 29.0 Å². The van der Waals surface area contributed by atoms with Gasteiger partial charge in [0, 0.05) is 18.5 Å². The van der Waals surface area contributed by atoms with E-state index in [0.717, 1.165) is 23.6 Å². The standard InChI is InChI=1S/C18H22N4O2S2/c1-11-5-6-14-13(9-11)10-15(26-14)16-20-21-18(24-16)25-12(2)17(23)22(3)8-4-7-19/h10-12H,4-6,8-9H2,1-3H3/t11-,12+/m1/s1. The number of carbonyl (C=O) groups excluding carboxylic acids is 1. The summed E-state index contributed by atoms with van der Waals surface area (Å²) in [7, 11) is 1.70. The number of nitrogens with zero attached hydrogens (tertiary/aromatic N) is 4. The van der Waals surface area contributed by atoms with Crippen molar-refractivity contribution in [3.63, 3.8) is 0 Å². The Labute approximate surface area is 161 Å². The van der Waals surface area contributed by atoms with E-state index in [0.29, 0.717) is 24.1 Å². The molecule has 26 heavy (non-hydrogen) atoms. The van der Waals surface area contributed by atoms with Crippen LogP contribution in [-0.4, -0.2) is 39.8 Å². The van der Waals surface area contributed by atoms with Crippen molar-refractivity contribution in [1.29, 1.82) is 5.26 Å². The van der Waals surface area contributed by atoms with Crippen LogP contribution in [0.15, 0.2) is 15.7 Å². The molecular formula is C18H22N4O2S2. The zero-order valence-electron chi connectivity index (χ0n) is 15.2. The molecule has 2 aromatic rings. The number of aromatic nitrogens is 2. The number of rotatable bonds is 6. The molecule has 1 aliphatic carbocycles. The summed E-state index contributed by atoms with van der Waals surface area (Å²) in [5.74, 6) is 1.20. The molecule has 0 N–H and O–H groups in total. The molecule has 6 nitrogen and oxygen atoms in total. The number of hydrogen-bond acceptors (Lipinski definition) is 7. The van der Waals surface area contributed by atoms with Crippen molar-refractivity contribution in [2.45, 2.75) is 50.0 Å². The van der Waals surface area contributed by atoms with Crippen LogP contribution in [0.4, 0.5) is 0 Å². The second-order valence-corrected chi connectivity index (χ2v) is 9.14. The van der Waals surface area contributed by atoms with Crippen LogP contribution in [0.25, 0.3) is 10.8 Å². The van der Waals surface area contributed by atoms with E-state index in [4.69, 9.17) is 9.68 Å². The highest BCUT2D eigenvalue weighted by molar-refractivity contribution is 8.00. The van der Waals surface area contributed by atoms with Gasteiger partial charge in [0.2, 0.25) is 5.91 Å². The molecule has 3 rings (SSSR count). The summed E-state index contributed by atoms with van der Waals surface area (Å²) in [5.41, 5.74) is 1.40. The number of thioether (sulfide) groups is 1. The van der Waals surface area contributed by atoms with E-state index in [2.05, 4.69) is 23.2 Å². The lowest BCUT2D eigenvalue weighted by Crippen LogP contribution is -2.33. The second-order valence-electron chi connectivity index (χ2n) is 6.71. The summed E-state index contributed by atoms with van der Waals surface area (Å²) in [4.78, 5) is 16.3. The van der Waals surface area contributed by atoms with Gasteiger partial charge in [-0.25, -0.2) is 0 Å². The zero-order valence-corrected chi connectivity index (χ0v) is 16.8. The predicted molar refractivity (Wildman–Crippen MR) is 102 cm³/mol. The highest BCUT2D eigenvalue weighted by atomic mass is 32.2. The molecule has 0 radical (unpaired) electrons. The van der Waals surface area contributed by atoms with E-state index in [-0.39, 0.29) is 11.2 Å². The number of carbonyl (C=O) groups is 1. The van der Waals surface area contributed by atoms with E-state index in [1.165, 1.54) is 28.6 Å². The highest BCUT2D eigenvalue weighted by Crippen LogP contribution is 2.37. The highest BCUT2D eigenvalue weighted by Gasteiger charge is 2.23. The Balaban J connectivity index is 1.65. The van der Waals surface area contributed by atoms with Gasteiger partial charge in [0.15, 0.2) is 0 Å². The Morgan fingerprint density at radius 1 is 1.58 bits per heavy atom. The number of fused-ring (bicyclic) bond motifs is 1. The Morgan fingerprint density at radius 3 is 3.15 bits per heavy atom. The maximum absolute atomic E-state index is 12.3. The van der Waals surface area contributed by atoms with Gasteiger partial charge < -0.3 is 9.32 Å². The van der Waals surface area contributed by atoms with Gasteiger partial charge in [-0.2, -0.15) is 5.26 Å². The lowest BCUT2D eigenvalue weighted by Gasteiger charge is -2.18. The van der Waals surface area contributed by atoms with Crippen molar-refractivity contribution in [2.24, 2.45) is 5.92 Å². The van der Waals surface area contributed by atoms with Crippen LogP contribution >= 0.6 is 23.1 Å². The van der Waals surface area contributed by atoms with Crippen LogP contribution in [0.3, 0.4) is 0 Å². The van der Waals surface area contributed by atoms with Crippen LogP contribution < -0.4 is 0 Å². The maximum atomic E-state index is 12.3. The van der Waals surface area contributed by atoms with Gasteiger partial charge in [-0.1, -0.05) is 18.7 Å². The molecule has 2 aromatic heterocycles. The van der Waals surface area contributed by atoms with Gasteiger partial charge in [-0.05, 0) is 43.7 Å². The molecule has 8 heteroatoms. The average molecular weight is 391 g/mol. The molecule has 0 saturated carbocycles. The summed E-state index contributed by atoms with van der Waals surface area (Å²) in [6, 6.07) is 4.21. The summed E-state index contributed by atoms with van der Waals surface area (Å²) in [6.45, 7) is 4.52. The zero-order chi connectivity index (χ0) is 18.7. The third-order valence-electron chi connectivity index (χ3n) is 4.51. The summed E-state index contributed by atoms with van der Waals surface area (Å²) >= 11 is 2.99. The molecule has 2 atom stereocenters. The van der Waals surface area contributed by atoms with E-state index in [9.17, 15) is 4.79 Å². The van der Waals surface area contributed by atoms with E-state index in [1.807, 2.05) is 13.0 Å². The predicted octanol–water partition coefficient (Wildman–Crippen LogP) is 3.78. The Hall–Kier alpha value is -1.85. The molecule has 0 fully saturated rings. The first-order valence-corrected chi connectivity index (χ1v) is 10.4. The van der Waals surface area contributed by atoms with Gasteiger partial charge in [-0.3, -0.25) is 4.79 Å². The second kappa shape index (κ2) is 8.23. The summed E-state index contributed by atoms with van der Waals surface area (Å²) in [5, 5.41) is 16.9. The first-order valence-electron chi connectivity index (χ1n) is 8.72. The van der Waals surface area contributed by atoms with E-state index in [1.54, 1.807) is 23.3 Å². The molecule has 1 amide bonds. The molecule has 138 valence electrons.